The molecule has 1 aliphatic heterocycles. The molecule has 0 bridgehead atoms. The Morgan fingerprint density at radius 2 is 2.00 bits per heavy atom. The summed E-state index contributed by atoms with van der Waals surface area (Å²) in [5.74, 6) is 1.99. The highest BCUT2D eigenvalue weighted by atomic mass is 32.1. The number of aromatic nitrogens is 3. The predicted octanol–water partition coefficient (Wildman–Crippen LogP) is 3.44. The topological polar surface area (TPSA) is 59.8 Å². The lowest BCUT2D eigenvalue weighted by atomic mass is 9.95. The lowest BCUT2D eigenvalue weighted by Gasteiger charge is -2.17. The van der Waals surface area contributed by atoms with Crippen LogP contribution in [0.1, 0.15) is 77.5 Å². The molecular weight excluding hydrogens is 320 g/mol. The van der Waals surface area contributed by atoms with Gasteiger partial charge in [0, 0.05) is 23.2 Å². The van der Waals surface area contributed by atoms with E-state index in [0.717, 1.165) is 49.4 Å². The molecule has 0 unspecified atom stereocenters. The van der Waals surface area contributed by atoms with Gasteiger partial charge in [0.05, 0.1) is 11.6 Å². The molecule has 128 valence electrons. The van der Waals surface area contributed by atoms with Crippen LogP contribution in [0.2, 0.25) is 0 Å². The van der Waals surface area contributed by atoms with E-state index >= 15 is 0 Å². The fourth-order valence-electron chi connectivity index (χ4n) is 3.85. The van der Waals surface area contributed by atoms with Crippen LogP contribution in [-0.2, 0) is 25.8 Å². The lowest BCUT2D eigenvalue weighted by Crippen LogP contribution is -2.29. The first-order valence-electron chi connectivity index (χ1n) is 9.06. The number of thiophene rings is 1. The van der Waals surface area contributed by atoms with Gasteiger partial charge in [0.25, 0.3) is 5.91 Å². The minimum absolute atomic E-state index is 0.0351. The van der Waals surface area contributed by atoms with Gasteiger partial charge in [0.15, 0.2) is 5.82 Å². The molecule has 2 aromatic rings. The van der Waals surface area contributed by atoms with Crippen molar-refractivity contribution in [3.63, 3.8) is 0 Å². The molecule has 0 saturated carbocycles. The molecule has 0 spiro atoms. The summed E-state index contributed by atoms with van der Waals surface area (Å²) in [7, 11) is 0. The Morgan fingerprint density at radius 3 is 2.92 bits per heavy atom. The van der Waals surface area contributed by atoms with Gasteiger partial charge in [-0.25, -0.2) is 0 Å². The summed E-state index contributed by atoms with van der Waals surface area (Å²) in [6, 6.07) is -0.115. The number of carbonyl (C=O) groups excluding carboxylic acids is 1. The zero-order valence-electron chi connectivity index (χ0n) is 14.2. The monoisotopic (exact) mass is 344 g/mol. The normalized spacial score (nSPS) is 18.4. The lowest BCUT2D eigenvalue weighted by molar-refractivity contribution is 0.0937. The molecule has 0 fully saturated rings. The van der Waals surface area contributed by atoms with E-state index in [9.17, 15) is 4.79 Å². The SMILES string of the molecule is C[C@H](NC(=O)c1csc2c1CCCC2)c1nnc2n1CCCCC2. The van der Waals surface area contributed by atoms with Crippen LogP contribution < -0.4 is 5.32 Å². The summed E-state index contributed by atoms with van der Waals surface area (Å²) in [6.45, 7) is 2.98. The number of carbonyl (C=O) groups is 1. The zero-order valence-corrected chi connectivity index (χ0v) is 15.0. The van der Waals surface area contributed by atoms with E-state index < -0.39 is 0 Å². The Balaban J connectivity index is 1.52. The maximum absolute atomic E-state index is 12.8. The quantitative estimate of drug-likeness (QED) is 0.928. The predicted molar refractivity (Wildman–Crippen MR) is 94.4 cm³/mol. The second-order valence-corrected chi connectivity index (χ2v) is 7.85. The third kappa shape index (κ3) is 2.88. The minimum atomic E-state index is -0.115. The van der Waals surface area contributed by atoms with E-state index in [1.54, 1.807) is 11.3 Å². The maximum Gasteiger partial charge on any atom is 0.252 e. The largest absolute Gasteiger partial charge is 0.342 e. The van der Waals surface area contributed by atoms with E-state index in [-0.39, 0.29) is 11.9 Å². The van der Waals surface area contributed by atoms with Crippen molar-refractivity contribution < 1.29 is 4.79 Å². The second kappa shape index (κ2) is 6.67. The van der Waals surface area contributed by atoms with Gasteiger partial charge >= 0.3 is 0 Å². The van der Waals surface area contributed by atoms with Crippen LogP contribution in [0.25, 0.3) is 0 Å². The number of rotatable bonds is 3. The Morgan fingerprint density at radius 1 is 1.17 bits per heavy atom. The van der Waals surface area contributed by atoms with Crippen LogP contribution in [0.3, 0.4) is 0 Å². The molecule has 0 radical (unpaired) electrons. The number of nitrogens with one attached hydrogen (secondary N) is 1. The number of aryl methyl sites for hydroxylation is 2. The molecule has 2 aliphatic rings. The Kier molecular flexibility index (Phi) is 4.39. The number of hydrogen-bond donors (Lipinski definition) is 1. The first-order valence-corrected chi connectivity index (χ1v) is 9.94. The molecule has 1 atom stereocenters. The summed E-state index contributed by atoms with van der Waals surface area (Å²) in [6.07, 6.45) is 9.18. The molecule has 5 nitrogen and oxygen atoms in total. The third-order valence-electron chi connectivity index (χ3n) is 5.18. The zero-order chi connectivity index (χ0) is 16.5. The Hall–Kier alpha value is -1.69. The fraction of sp³-hybridized carbons (Fsp3) is 0.611. The van der Waals surface area contributed by atoms with Crippen LogP contribution in [-0.4, -0.2) is 20.7 Å². The van der Waals surface area contributed by atoms with Crippen molar-refractivity contribution in [2.24, 2.45) is 0 Å². The van der Waals surface area contributed by atoms with Gasteiger partial charge in [0.1, 0.15) is 5.82 Å². The smallest absolute Gasteiger partial charge is 0.252 e. The molecular formula is C18H24N4OS. The van der Waals surface area contributed by atoms with E-state index in [2.05, 4.69) is 20.1 Å². The van der Waals surface area contributed by atoms with Crippen LogP contribution >= 0.6 is 11.3 Å². The molecule has 24 heavy (non-hydrogen) atoms. The number of hydrogen-bond acceptors (Lipinski definition) is 4. The van der Waals surface area contributed by atoms with Gasteiger partial charge in [-0.3, -0.25) is 4.79 Å². The molecule has 0 saturated heterocycles. The average Bonchev–Trinajstić information content (AvgIpc) is 3.13. The fourth-order valence-corrected chi connectivity index (χ4v) is 4.98. The van der Waals surface area contributed by atoms with Gasteiger partial charge in [-0.1, -0.05) is 6.42 Å². The molecule has 6 heteroatoms. The summed E-state index contributed by atoms with van der Waals surface area (Å²) in [5, 5.41) is 13.9. The van der Waals surface area contributed by atoms with Crippen molar-refractivity contribution in [2.45, 2.75) is 70.9 Å². The molecule has 1 aliphatic carbocycles. The summed E-state index contributed by atoms with van der Waals surface area (Å²) >= 11 is 1.74. The van der Waals surface area contributed by atoms with Crippen molar-refractivity contribution in [2.75, 3.05) is 0 Å². The van der Waals surface area contributed by atoms with Crippen molar-refractivity contribution in [3.8, 4) is 0 Å². The number of nitrogens with zero attached hydrogens (tertiary/aromatic N) is 3. The first kappa shape index (κ1) is 15.8. The van der Waals surface area contributed by atoms with Crippen molar-refractivity contribution in [1.29, 1.82) is 0 Å². The molecule has 4 rings (SSSR count). The molecule has 1 amide bonds. The molecule has 0 aromatic carbocycles. The minimum Gasteiger partial charge on any atom is -0.342 e. The maximum atomic E-state index is 12.8. The second-order valence-electron chi connectivity index (χ2n) is 6.89. The van der Waals surface area contributed by atoms with Gasteiger partial charge in [0.2, 0.25) is 0 Å². The van der Waals surface area contributed by atoms with Crippen LogP contribution in [0.4, 0.5) is 0 Å². The summed E-state index contributed by atoms with van der Waals surface area (Å²) in [4.78, 5) is 14.2. The van der Waals surface area contributed by atoms with Crippen molar-refractivity contribution in [1.82, 2.24) is 20.1 Å². The first-order chi connectivity index (χ1) is 11.7. The van der Waals surface area contributed by atoms with Crippen molar-refractivity contribution >= 4 is 17.2 Å². The average molecular weight is 344 g/mol. The van der Waals surface area contributed by atoms with Crippen LogP contribution in [0.5, 0.6) is 0 Å². The molecule has 1 N–H and O–H groups in total. The van der Waals surface area contributed by atoms with E-state index in [1.165, 1.54) is 36.1 Å². The molecule has 3 heterocycles. The standard InChI is InChI=1S/C18H24N4OS/c1-12(17-21-20-16-9-3-2-6-10-22(16)17)19-18(23)14-11-24-15-8-5-4-7-13(14)15/h11-12H,2-10H2,1H3,(H,19,23)/t12-/m0/s1. The van der Waals surface area contributed by atoms with E-state index in [4.69, 9.17) is 0 Å². The summed E-state index contributed by atoms with van der Waals surface area (Å²) < 4.78 is 2.21. The van der Waals surface area contributed by atoms with Gasteiger partial charge in [-0.15, -0.1) is 21.5 Å². The highest BCUT2D eigenvalue weighted by Crippen LogP contribution is 2.30. The Bertz CT molecular complexity index is 748. The molecule has 2 aromatic heterocycles. The van der Waals surface area contributed by atoms with Gasteiger partial charge in [-0.05, 0) is 51.0 Å². The summed E-state index contributed by atoms with van der Waals surface area (Å²) in [5.41, 5.74) is 2.15. The van der Waals surface area contributed by atoms with Crippen LogP contribution in [0.15, 0.2) is 5.38 Å². The number of amides is 1. The van der Waals surface area contributed by atoms with E-state index in [0.29, 0.717) is 0 Å². The highest BCUT2D eigenvalue weighted by Gasteiger charge is 2.24. The van der Waals surface area contributed by atoms with Crippen molar-refractivity contribution in [3.05, 3.63) is 33.0 Å². The van der Waals surface area contributed by atoms with E-state index in [1.807, 2.05) is 12.3 Å². The number of fused-ring (bicyclic) bond motifs is 2. The third-order valence-corrected chi connectivity index (χ3v) is 6.27. The Labute approximate surface area is 146 Å². The highest BCUT2D eigenvalue weighted by molar-refractivity contribution is 7.10. The van der Waals surface area contributed by atoms with Crippen LogP contribution in [0, 0.1) is 0 Å². The van der Waals surface area contributed by atoms with Gasteiger partial charge in [-0.2, -0.15) is 0 Å². The van der Waals surface area contributed by atoms with Gasteiger partial charge < -0.3 is 9.88 Å².